The number of amides is 1. The Balaban J connectivity index is 1.97. The highest BCUT2D eigenvalue weighted by atomic mass is 16.1. The smallest absolute Gasteiger partial charge is 0.269 e. The van der Waals surface area contributed by atoms with Crippen LogP contribution in [-0.2, 0) is 20.0 Å². The van der Waals surface area contributed by atoms with Crippen LogP contribution in [0, 0.1) is 0 Å². The predicted octanol–water partition coefficient (Wildman–Crippen LogP) is 1.08. The van der Waals surface area contributed by atoms with Gasteiger partial charge < -0.3 is 10.6 Å². The summed E-state index contributed by atoms with van der Waals surface area (Å²) in [5, 5.41) is 4.24. The molecule has 0 radical (unpaired) electrons. The minimum atomic E-state index is -0.452. The van der Waals surface area contributed by atoms with Gasteiger partial charge in [-0.25, -0.2) is 0 Å². The van der Waals surface area contributed by atoms with E-state index in [1.54, 1.807) is 4.68 Å². The maximum atomic E-state index is 11.5. The van der Waals surface area contributed by atoms with Crippen molar-refractivity contribution in [2.24, 2.45) is 12.8 Å². The first-order valence-electron chi connectivity index (χ1n) is 6.31. The van der Waals surface area contributed by atoms with Crippen molar-refractivity contribution >= 4 is 11.6 Å². The van der Waals surface area contributed by atoms with Crippen LogP contribution in [0.3, 0.4) is 0 Å². The second kappa shape index (κ2) is 4.42. The molecule has 3 rings (SSSR count). The molecular weight excluding hydrogens is 240 g/mol. The lowest BCUT2D eigenvalue weighted by Crippen LogP contribution is -2.31. The van der Waals surface area contributed by atoms with E-state index in [0.717, 1.165) is 29.9 Å². The number of nitrogens with two attached hydrogens (primary N) is 1. The molecule has 98 valence electrons. The lowest BCUT2D eigenvalue weighted by Gasteiger charge is -2.29. The van der Waals surface area contributed by atoms with Crippen LogP contribution < -0.4 is 10.6 Å². The number of fused-ring (bicyclic) bond motifs is 1. The molecule has 0 unspecified atom stereocenters. The summed E-state index contributed by atoms with van der Waals surface area (Å²) in [5.74, 6) is -0.452. The molecule has 1 aromatic carbocycles. The molecule has 0 atom stereocenters. The fraction of sp³-hybridized carbons (Fsp3) is 0.286. The van der Waals surface area contributed by atoms with Gasteiger partial charge in [-0.15, -0.1) is 0 Å². The van der Waals surface area contributed by atoms with E-state index in [0.29, 0.717) is 12.2 Å². The van der Waals surface area contributed by atoms with E-state index in [9.17, 15) is 4.79 Å². The third kappa shape index (κ3) is 1.97. The Labute approximate surface area is 111 Å². The van der Waals surface area contributed by atoms with Gasteiger partial charge in [0, 0.05) is 43.5 Å². The highest BCUT2D eigenvalue weighted by Crippen LogP contribution is 2.26. The van der Waals surface area contributed by atoms with Gasteiger partial charge in [-0.2, -0.15) is 5.10 Å². The van der Waals surface area contributed by atoms with Gasteiger partial charge in [0.2, 0.25) is 0 Å². The van der Waals surface area contributed by atoms with Crippen LogP contribution in [-0.4, -0.2) is 22.2 Å². The largest absolute Gasteiger partial charge is 0.367 e. The summed E-state index contributed by atoms with van der Waals surface area (Å²) < 4.78 is 1.78. The summed E-state index contributed by atoms with van der Waals surface area (Å²) in [6.45, 7) is 1.61. The molecule has 0 saturated carbocycles. The second-order valence-electron chi connectivity index (χ2n) is 4.77. The van der Waals surface area contributed by atoms with Crippen molar-refractivity contribution in [3.63, 3.8) is 0 Å². The Morgan fingerprint density at radius 1 is 1.32 bits per heavy atom. The van der Waals surface area contributed by atoms with Crippen LogP contribution in [0.25, 0.3) is 0 Å². The molecule has 2 heterocycles. The van der Waals surface area contributed by atoms with Crippen molar-refractivity contribution in [1.29, 1.82) is 0 Å². The SMILES string of the molecule is Cn1nc(C(N)=O)c2c1CCN(c1ccccc1)C2. The summed E-state index contributed by atoms with van der Waals surface area (Å²) in [4.78, 5) is 13.7. The predicted molar refractivity (Wildman–Crippen MR) is 72.9 cm³/mol. The van der Waals surface area contributed by atoms with Gasteiger partial charge in [-0.1, -0.05) is 18.2 Å². The van der Waals surface area contributed by atoms with Crippen molar-refractivity contribution in [2.45, 2.75) is 13.0 Å². The highest BCUT2D eigenvalue weighted by molar-refractivity contribution is 5.92. The van der Waals surface area contributed by atoms with Crippen LogP contribution in [0.2, 0.25) is 0 Å². The van der Waals surface area contributed by atoms with E-state index < -0.39 is 5.91 Å². The number of carbonyl (C=O) groups is 1. The molecule has 0 spiro atoms. The Morgan fingerprint density at radius 2 is 2.05 bits per heavy atom. The van der Waals surface area contributed by atoms with Crippen LogP contribution >= 0.6 is 0 Å². The third-order valence-electron chi connectivity index (χ3n) is 3.60. The third-order valence-corrected chi connectivity index (χ3v) is 3.60. The quantitative estimate of drug-likeness (QED) is 0.874. The van der Waals surface area contributed by atoms with E-state index in [-0.39, 0.29) is 0 Å². The van der Waals surface area contributed by atoms with Gasteiger partial charge >= 0.3 is 0 Å². The lowest BCUT2D eigenvalue weighted by molar-refractivity contribution is 0.0994. The number of nitrogens with zero attached hydrogens (tertiary/aromatic N) is 3. The first-order valence-corrected chi connectivity index (χ1v) is 6.31. The van der Waals surface area contributed by atoms with Crippen molar-refractivity contribution in [3.05, 3.63) is 47.3 Å². The average molecular weight is 256 g/mol. The van der Waals surface area contributed by atoms with Crippen LogP contribution in [0.5, 0.6) is 0 Å². The van der Waals surface area contributed by atoms with E-state index in [2.05, 4.69) is 22.1 Å². The topological polar surface area (TPSA) is 64.2 Å². The number of para-hydroxylation sites is 1. The maximum Gasteiger partial charge on any atom is 0.269 e. The fourth-order valence-electron chi connectivity index (χ4n) is 2.65. The normalized spacial score (nSPS) is 14.3. The number of carbonyl (C=O) groups excluding carboxylic acids is 1. The zero-order valence-electron chi connectivity index (χ0n) is 10.8. The summed E-state index contributed by atoms with van der Waals surface area (Å²) in [7, 11) is 1.86. The Morgan fingerprint density at radius 3 is 2.74 bits per heavy atom. The van der Waals surface area contributed by atoms with Crippen molar-refractivity contribution in [1.82, 2.24) is 9.78 Å². The molecule has 5 heteroatoms. The van der Waals surface area contributed by atoms with Crippen LogP contribution in [0.4, 0.5) is 5.69 Å². The summed E-state index contributed by atoms with van der Waals surface area (Å²) in [6.07, 6.45) is 0.876. The van der Waals surface area contributed by atoms with Gasteiger partial charge in [-0.3, -0.25) is 9.48 Å². The zero-order chi connectivity index (χ0) is 13.4. The molecule has 2 aromatic rings. The molecule has 0 bridgehead atoms. The minimum Gasteiger partial charge on any atom is -0.367 e. The Hall–Kier alpha value is -2.30. The molecule has 1 aliphatic rings. The van der Waals surface area contributed by atoms with E-state index >= 15 is 0 Å². The molecule has 0 fully saturated rings. The molecule has 19 heavy (non-hydrogen) atoms. The second-order valence-corrected chi connectivity index (χ2v) is 4.77. The molecule has 0 saturated heterocycles. The van der Waals surface area contributed by atoms with E-state index in [1.807, 2.05) is 25.2 Å². The summed E-state index contributed by atoms with van der Waals surface area (Å²) >= 11 is 0. The van der Waals surface area contributed by atoms with Gasteiger partial charge in [0.05, 0.1) is 0 Å². The Bertz CT molecular complexity index is 618. The number of benzene rings is 1. The first kappa shape index (κ1) is 11.8. The molecule has 0 aliphatic carbocycles. The van der Waals surface area contributed by atoms with Gasteiger partial charge in [0.1, 0.15) is 0 Å². The van der Waals surface area contributed by atoms with Crippen molar-refractivity contribution < 1.29 is 4.79 Å². The fourth-order valence-corrected chi connectivity index (χ4v) is 2.65. The molecule has 1 aliphatic heterocycles. The number of anilines is 1. The molecule has 5 nitrogen and oxygen atoms in total. The standard InChI is InChI=1S/C14H16N4O/c1-17-12-7-8-18(10-5-3-2-4-6-10)9-11(12)13(16-17)14(15)19/h2-6H,7-9H2,1H3,(H2,15,19). The number of hydrogen-bond acceptors (Lipinski definition) is 3. The first-order chi connectivity index (χ1) is 9.16. The van der Waals surface area contributed by atoms with Crippen molar-refractivity contribution in [2.75, 3.05) is 11.4 Å². The van der Waals surface area contributed by atoms with E-state index in [4.69, 9.17) is 5.73 Å². The van der Waals surface area contributed by atoms with Crippen LogP contribution in [0.15, 0.2) is 30.3 Å². The minimum absolute atomic E-state index is 0.401. The van der Waals surface area contributed by atoms with Gasteiger partial charge in [-0.05, 0) is 12.1 Å². The molecular formula is C14H16N4O. The number of rotatable bonds is 2. The monoisotopic (exact) mass is 256 g/mol. The molecule has 1 aromatic heterocycles. The summed E-state index contributed by atoms with van der Waals surface area (Å²) in [5.41, 5.74) is 9.04. The number of aromatic nitrogens is 2. The number of aryl methyl sites for hydroxylation is 1. The number of primary amides is 1. The lowest BCUT2D eigenvalue weighted by atomic mass is 10.0. The van der Waals surface area contributed by atoms with Gasteiger partial charge in [0.15, 0.2) is 5.69 Å². The Kier molecular flexibility index (Phi) is 2.74. The van der Waals surface area contributed by atoms with Crippen LogP contribution in [0.1, 0.15) is 21.7 Å². The van der Waals surface area contributed by atoms with E-state index in [1.165, 1.54) is 0 Å². The van der Waals surface area contributed by atoms with Gasteiger partial charge in [0.25, 0.3) is 5.91 Å². The highest BCUT2D eigenvalue weighted by Gasteiger charge is 2.26. The maximum absolute atomic E-state index is 11.5. The molecule has 2 N–H and O–H groups in total. The average Bonchev–Trinajstić information content (AvgIpc) is 2.77. The van der Waals surface area contributed by atoms with Crippen molar-refractivity contribution in [3.8, 4) is 0 Å². The summed E-state index contributed by atoms with van der Waals surface area (Å²) in [6, 6.07) is 10.2. The number of hydrogen-bond donors (Lipinski definition) is 1. The molecule has 1 amide bonds. The zero-order valence-corrected chi connectivity index (χ0v) is 10.8.